The van der Waals surface area contributed by atoms with Crippen molar-refractivity contribution in [3.8, 4) is 0 Å². The van der Waals surface area contributed by atoms with E-state index < -0.39 is 0 Å². The third kappa shape index (κ3) is 3.84. The van der Waals surface area contributed by atoms with Crippen LogP contribution in [-0.2, 0) is 11.2 Å². The summed E-state index contributed by atoms with van der Waals surface area (Å²) < 4.78 is 0. The third-order valence-electron chi connectivity index (χ3n) is 4.81. The molecular weight excluding hydrogens is 246 g/mol. The summed E-state index contributed by atoms with van der Waals surface area (Å²) in [5.74, 6) is 1.68. The van der Waals surface area contributed by atoms with Crippen LogP contribution in [0.1, 0.15) is 49.8 Å². The topological polar surface area (TPSA) is 29.1 Å². The molecule has 2 nitrogen and oxygen atoms in total. The molecule has 2 heteroatoms. The van der Waals surface area contributed by atoms with Crippen molar-refractivity contribution in [2.45, 2.75) is 59.4 Å². The summed E-state index contributed by atoms with van der Waals surface area (Å²) >= 11 is 0. The number of carbonyl (C=O) groups excluding carboxylic acids is 1. The van der Waals surface area contributed by atoms with Gasteiger partial charge in [-0.3, -0.25) is 4.79 Å². The first-order chi connectivity index (χ1) is 9.45. The van der Waals surface area contributed by atoms with Gasteiger partial charge < -0.3 is 5.32 Å². The first-order valence-electron chi connectivity index (χ1n) is 7.81. The average Bonchev–Trinajstić information content (AvgIpc) is 2.37. The van der Waals surface area contributed by atoms with Gasteiger partial charge in [-0.2, -0.15) is 0 Å². The summed E-state index contributed by atoms with van der Waals surface area (Å²) in [5.41, 5.74) is 3.61. The molecule has 3 unspecified atom stereocenters. The van der Waals surface area contributed by atoms with Crippen molar-refractivity contribution < 1.29 is 4.79 Å². The molecule has 0 spiro atoms. The van der Waals surface area contributed by atoms with Gasteiger partial charge in [-0.1, -0.05) is 37.6 Å². The minimum atomic E-state index is 0.170. The molecule has 110 valence electrons. The lowest BCUT2D eigenvalue weighted by molar-refractivity contribution is -0.121. The molecule has 3 atom stereocenters. The molecule has 0 aromatic heterocycles. The fraction of sp³-hybridized carbons (Fsp3) is 0.611. The Morgan fingerprint density at radius 3 is 2.60 bits per heavy atom. The van der Waals surface area contributed by atoms with Crippen LogP contribution >= 0.6 is 0 Å². The Morgan fingerprint density at radius 1 is 1.20 bits per heavy atom. The zero-order valence-corrected chi connectivity index (χ0v) is 13.2. The minimum Gasteiger partial charge on any atom is -0.353 e. The van der Waals surface area contributed by atoms with E-state index in [4.69, 9.17) is 0 Å². The highest BCUT2D eigenvalue weighted by Crippen LogP contribution is 2.29. The van der Waals surface area contributed by atoms with Gasteiger partial charge in [0.15, 0.2) is 0 Å². The molecule has 2 rings (SSSR count). The molecule has 0 aliphatic heterocycles. The number of benzene rings is 1. The number of carbonyl (C=O) groups is 1. The Hall–Kier alpha value is -1.31. The summed E-state index contributed by atoms with van der Waals surface area (Å²) in [6.45, 7) is 8.78. The van der Waals surface area contributed by atoms with Crippen LogP contribution in [0.15, 0.2) is 18.2 Å². The maximum absolute atomic E-state index is 12.2. The molecule has 0 radical (unpaired) electrons. The standard InChI is InChI=1S/C18H27NO/c1-12-5-7-16(15(4)9-12)11-18(20)19-17-8-6-13(2)14(3)10-17/h5,7,9,13-14,17H,6,8,10-11H2,1-4H3,(H,19,20). The molecule has 1 N–H and O–H groups in total. The van der Waals surface area contributed by atoms with Gasteiger partial charge >= 0.3 is 0 Å². The quantitative estimate of drug-likeness (QED) is 0.892. The Labute approximate surface area is 123 Å². The zero-order valence-electron chi connectivity index (χ0n) is 13.2. The molecule has 1 aromatic rings. The van der Waals surface area contributed by atoms with Crippen molar-refractivity contribution in [2.24, 2.45) is 11.8 Å². The Balaban J connectivity index is 1.89. The first-order valence-corrected chi connectivity index (χ1v) is 7.81. The van der Waals surface area contributed by atoms with Crippen LogP contribution in [0.5, 0.6) is 0 Å². The fourth-order valence-corrected chi connectivity index (χ4v) is 3.17. The van der Waals surface area contributed by atoms with Gasteiger partial charge in [0.05, 0.1) is 6.42 Å². The van der Waals surface area contributed by atoms with E-state index in [2.05, 4.69) is 51.2 Å². The number of nitrogens with one attached hydrogen (secondary N) is 1. The Morgan fingerprint density at radius 2 is 1.95 bits per heavy atom. The van der Waals surface area contributed by atoms with Crippen LogP contribution in [-0.4, -0.2) is 11.9 Å². The zero-order chi connectivity index (χ0) is 14.7. The third-order valence-corrected chi connectivity index (χ3v) is 4.81. The van der Waals surface area contributed by atoms with Crippen molar-refractivity contribution in [3.63, 3.8) is 0 Å². The van der Waals surface area contributed by atoms with E-state index in [0.29, 0.717) is 12.5 Å². The molecule has 0 bridgehead atoms. The van der Waals surface area contributed by atoms with Crippen LogP contribution in [0.4, 0.5) is 0 Å². The van der Waals surface area contributed by atoms with E-state index in [-0.39, 0.29) is 5.91 Å². The van der Waals surface area contributed by atoms with Gasteiger partial charge in [0.2, 0.25) is 5.91 Å². The van der Waals surface area contributed by atoms with E-state index >= 15 is 0 Å². The van der Waals surface area contributed by atoms with Gasteiger partial charge in [-0.25, -0.2) is 0 Å². The number of hydrogen-bond donors (Lipinski definition) is 1. The highest BCUT2D eigenvalue weighted by atomic mass is 16.1. The summed E-state index contributed by atoms with van der Waals surface area (Å²) in [5, 5.41) is 3.22. The summed E-state index contributed by atoms with van der Waals surface area (Å²) in [6, 6.07) is 6.68. The lowest BCUT2D eigenvalue weighted by atomic mass is 9.79. The summed E-state index contributed by atoms with van der Waals surface area (Å²) in [6.07, 6.45) is 3.99. The van der Waals surface area contributed by atoms with Crippen molar-refractivity contribution in [1.29, 1.82) is 0 Å². The second-order valence-electron chi connectivity index (χ2n) is 6.64. The van der Waals surface area contributed by atoms with Crippen molar-refractivity contribution >= 4 is 5.91 Å². The van der Waals surface area contributed by atoms with Gasteiger partial charge in [-0.15, -0.1) is 0 Å². The predicted octanol–water partition coefficient (Wildman–Crippen LogP) is 3.79. The van der Waals surface area contributed by atoms with Crippen molar-refractivity contribution in [3.05, 3.63) is 34.9 Å². The molecule has 1 aromatic carbocycles. The van der Waals surface area contributed by atoms with Crippen LogP contribution in [0.3, 0.4) is 0 Å². The van der Waals surface area contributed by atoms with Gasteiger partial charge in [-0.05, 0) is 56.1 Å². The summed E-state index contributed by atoms with van der Waals surface area (Å²) in [4.78, 5) is 12.2. The number of aryl methyl sites for hydroxylation is 2. The number of amides is 1. The highest BCUT2D eigenvalue weighted by Gasteiger charge is 2.25. The molecule has 1 aliphatic rings. The Kier molecular flexibility index (Phi) is 4.85. The van der Waals surface area contributed by atoms with E-state index in [0.717, 1.165) is 30.2 Å². The van der Waals surface area contributed by atoms with Crippen LogP contribution in [0.25, 0.3) is 0 Å². The molecular formula is C18H27NO. The molecule has 1 saturated carbocycles. The number of rotatable bonds is 3. The van der Waals surface area contributed by atoms with E-state index in [1.165, 1.54) is 17.5 Å². The SMILES string of the molecule is Cc1ccc(CC(=O)NC2CCC(C)C(C)C2)c(C)c1. The molecule has 1 aliphatic carbocycles. The van der Waals surface area contributed by atoms with Crippen LogP contribution in [0.2, 0.25) is 0 Å². The molecule has 0 heterocycles. The normalized spacial score (nSPS) is 26.3. The Bertz CT molecular complexity index is 480. The van der Waals surface area contributed by atoms with Crippen molar-refractivity contribution in [2.75, 3.05) is 0 Å². The van der Waals surface area contributed by atoms with Crippen molar-refractivity contribution in [1.82, 2.24) is 5.32 Å². The number of hydrogen-bond acceptors (Lipinski definition) is 1. The fourth-order valence-electron chi connectivity index (χ4n) is 3.17. The van der Waals surface area contributed by atoms with Gasteiger partial charge in [0.25, 0.3) is 0 Å². The first kappa shape index (κ1) is 15.1. The predicted molar refractivity (Wildman–Crippen MR) is 83.7 cm³/mol. The van der Waals surface area contributed by atoms with E-state index in [1.54, 1.807) is 0 Å². The maximum atomic E-state index is 12.2. The summed E-state index contributed by atoms with van der Waals surface area (Å²) in [7, 11) is 0. The van der Waals surface area contributed by atoms with E-state index in [9.17, 15) is 4.79 Å². The van der Waals surface area contributed by atoms with Gasteiger partial charge in [0, 0.05) is 6.04 Å². The highest BCUT2D eigenvalue weighted by molar-refractivity contribution is 5.79. The monoisotopic (exact) mass is 273 g/mol. The second-order valence-corrected chi connectivity index (χ2v) is 6.64. The molecule has 0 saturated heterocycles. The maximum Gasteiger partial charge on any atom is 0.224 e. The smallest absolute Gasteiger partial charge is 0.224 e. The van der Waals surface area contributed by atoms with Crippen LogP contribution in [0, 0.1) is 25.7 Å². The molecule has 20 heavy (non-hydrogen) atoms. The van der Waals surface area contributed by atoms with E-state index in [1.807, 2.05) is 0 Å². The largest absolute Gasteiger partial charge is 0.353 e. The van der Waals surface area contributed by atoms with Gasteiger partial charge in [0.1, 0.15) is 0 Å². The minimum absolute atomic E-state index is 0.170. The molecule has 1 amide bonds. The van der Waals surface area contributed by atoms with Crippen LogP contribution < -0.4 is 5.32 Å². The second kappa shape index (κ2) is 6.43. The average molecular weight is 273 g/mol. The lowest BCUT2D eigenvalue weighted by Crippen LogP contribution is -2.40. The molecule has 1 fully saturated rings. The lowest BCUT2D eigenvalue weighted by Gasteiger charge is -2.32.